The Hall–Kier alpha value is -3.79. The highest BCUT2D eigenvalue weighted by molar-refractivity contribution is 5.71. The third kappa shape index (κ3) is 61.8. The molecule has 0 bridgehead atoms. The number of quaternary nitrogens is 1. The molecule has 0 spiro atoms. The fourth-order valence-electron chi connectivity index (χ4n) is 9.09. The van der Waals surface area contributed by atoms with Crippen LogP contribution in [-0.4, -0.2) is 87.4 Å². The highest BCUT2D eigenvalue weighted by atomic mass is 16.7. The van der Waals surface area contributed by atoms with E-state index in [1.54, 1.807) is 0 Å². The van der Waals surface area contributed by atoms with Crippen LogP contribution in [0.5, 0.6) is 0 Å². The van der Waals surface area contributed by atoms with E-state index in [2.05, 4.69) is 111 Å². The normalized spacial score (nSPS) is 13.4. The second-order valence-corrected chi connectivity index (χ2v) is 23.1. The van der Waals surface area contributed by atoms with Gasteiger partial charge >= 0.3 is 17.9 Å². The first-order chi connectivity index (χ1) is 39.1. The van der Waals surface area contributed by atoms with Crippen molar-refractivity contribution in [3.63, 3.8) is 0 Å². The van der Waals surface area contributed by atoms with Gasteiger partial charge in [-0.3, -0.25) is 9.59 Å². The fraction of sp³-hybridized carbons (Fsp3) is 0.732. The van der Waals surface area contributed by atoms with Gasteiger partial charge in [-0.05, 0) is 77.0 Å². The van der Waals surface area contributed by atoms with Gasteiger partial charge in [-0.1, -0.05) is 284 Å². The van der Waals surface area contributed by atoms with Crippen LogP contribution < -0.4 is 0 Å². The molecule has 0 aromatic rings. The molecular formula is C71H124NO8+. The van der Waals surface area contributed by atoms with Crippen molar-refractivity contribution in [2.75, 3.05) is 47.5 Å². The van der Waals surface area contributed by atoms with Gasteiger partial charge < -0.3 is 28.5 Å². The number of carboxylic acids is 1. The molecule has 0 saturated heterocycles. The summed E-state index contributed by atoms with van der Waals surface area (Å²) in [6.45, 7) is 4.77. The number of unbranched alkanes of at least 4 members (excludes halogenated alkanes) is 29. The summed E-state index contributed by atoms with van der Waals surface area (Å²) < 4.78 is 22.9. The summed E-state index contributed by atoms with van der Waals surface area (Å²) in [6, 6.07) is 0. The lowest BCUT2D eigenvalue weighted by molar-refractivity contribution is -0.870. The summed E-state index contributed by atoms with van der Waals surface area (Å²) in [6.07, 6.45) is 80.7. The quantitative estimate of drug-likeness (QED) is 0.0211. The number of ether oxygens (including phenoxy) is 4. The highest BCUT2D eigenvalue weighted by Crippen LogP contribution is 2.17. The van der Waals surface area contributed by atoms with E-state index in [1.807, 2.05) is 21.1 Å². The van der Waals surface area contributed by atoms with Crippen LogP contribution in [0.3, 0.4) is 0 Å². The SMILES string of the molecule is CC/C=C\C/C=C\C/C=C\C/C=C\C/C=C\C/C=C\C/C=C\C/C=C\CCCCCCCCC(=O)OC(COC(=O)CCCCCCCCCCCCCCCCCCCCCCCCCC)COC(OCC[N+](C)(C)C)C(=O)O. The Kier molecular flexibility index (Phi) is 58.4. The van der Waals surface area contributed by atoms with E-state index < -0.39 is 24.3 Å². The van der Waals surface area contributed by atoms with E-state index in [0.717, 1.165) is 109 Å². The largest absolute Gasteiger partial charge is 0.477 e. The zero-order valence-electron chi connectivity index (χ0n) is 52.5. The number of likely N-dealkylation sites (N-methyl/N-ethyl adjacent to an activating group) is 1. The van der Waals surface area contributed by atoms with E-state index in [1.165, 1.54) is 135 Å². The Morgan fingerprint density at radius 3 is 1.06 bits per heavy atom. The molecule has 460 valence electrons. The molecule has 0 aliphatic rings. The smallest absolute Gasteiger partial charge is 0.361 e. The van der Waals surface area contributed by atoms with Crippen LogP contribution in [0.2, 0.25) is 0 Å². The van der Waals surface area contributed by atoms with E-state index in [9.17, 15) is 19.5 Å². The average Bonchev–Trinajstić information content (AvgIpc) is 3.43. The molecule has 0 aromatic carbocycles. The summed E-state index contributed by atoms with van der Waals surface area (Å²) in [5, 5.41) is 9.73. The summed E-state index contributed by atoms with van der Waals surface area (Å²) >= 11 is 0. The van der Waals surface area contributed by atoms with Crippen molar-refractivity contribution in [3.8, 4) is 0 Å². The van der Waals surface area contributed by atoms with E-state index in [4.69, 9.17) is 18.9 Å². The van der Waals surface area contributed by atoms with Crippen LogP contribution >= 0.6 is 0 Å². The van der Waals surface area contributed by atoms with Crippen LogP contribution in [-0.2, 0) is 33.3 Å². The molecule has 0 fully saturated rings. The maximum absolute atomic E-state index is 12.9. The van der Waals surface area contributed by atoms with Crippen molar-refractivity contribution in [1.82, 2.24) is 0 Å². The molecule has 0 amide bonds. The third-order valence-electron chi connectivity index (χ3n) is 14.1. The number of rotatable bonds is 60. The number of hydrogen-bond donors (Lipinski definition) is 1. The molecule has 0 heterocycles. The number of allylic oxidation sites excluding steroid dienone is 16. The van der Waals surface area contributed by atoms with Crippen LogP contribution in [0.15, 0.2) is 97.2 Å². The first kappa shape index (κ1) is 76.2. The van der Waals surface area contributed by atoms with Crippen LogP contribution in [0.1, 0.15) is 277 Å². The minimum absolute atomic E-state index is 0.181. The van der Waals surface area contributed by atoms with Gasteiger partial charge in [0, 0.05) is 12.8 Å². The Labute approximate surface area is 492 Å². The molecular weight excluding hydrogens is 995 g/mol. The van der Waals surface area contributed by atoms with Gasteiger partial charge in [0.05, 0.1) is 34.4 Å². The lowest BCUT2D eigenvalue weighted by atomic mass is 10.0. The Morgan fingerprint density at radius 2 is 0.713 bits per heavy atom. The Morgan fingerprint density at radius 1 is 0.388 bits per heavy atom. The molecule has 1 N–H and O–H groups in total. The first-order valence-corrected chi connectivity index (χ1v) is 32.9. The van der Waals surface area contributed by atoms with Crippen LogP contribution in [0.25, 0.3) is 0 Å². The summed E-state index contributed by atoms with van der Waals surface area (Å²) in [7, 11) is 5.97. The van der Waals surface area contributed by atoms with Gasteiger partial charge in [0.2, 0.25) is 0 Å². The van der Waals surface area contributed by atoms with Crippen molar-refractivity contribution >= 4 is 17.9 Å². The number of nitrogens with zero attached hydrogens (tertiary/aromatic N) is 1. The first-order valence-electron chi connectivity index (χ1n) is 32.9. The van der Waals surface area contributed by atoms with Crippen molar-refractivity contribution in [3.05, 3.63) is 97.2 Å². The topological polar surface area (TPSA) is 108 Å². The zero-order chi connectivity index (χ0) is 58.3. The Balaban J connectivity index is 4.23. The molecule has 2 unspecified atom stereocenters. The Bertz CT molecular complexity index is 1630. The van der Waals surface area contributed by atoms with Gasteiger partial charge in [0.15, 0.2) is 6.10 Å². The number of hydrogen-bond acceptors (Lipinski definition) is 7. The number of carboxylic acid groups (broad SMARTS) is 1. The molecule has 0 aromatic heterocycles. The van der Waals surface area contributed by atoms with E-state index in [0.29, 0.717) is 23.9 Å². The summed E-state index contributed by atoms with van der Waals surface area (Å²) in [4.78, 5) is 37.6. The highest BCUT2D eigenvalue weighted by Gasteiger charge is 2.25. The van der Waals surface area contributed by atoms with Gasteiger partial charge in [-0.15, -0.1) is 0 Å². The molecule has 0 aliphatic heterocycles. The van der Waals surface area contributed by atoms with E-state index >= 15 is 0 Å². The van der Waals surface area contributed by atoms with Crippen molar-refractivity contribution in [2.24, 2.45) is 0 Å². The molecule has 0 radical (unpaired) electrons. The molecule has 9 nitrogen and oxygen atoms in total. The van der Waals surface area contributed by atoms with Crippen LogP contribution in [0, 0.1) is 0 Å². The standard InChI is InChI=1S/C71H123NO8/c1-6-8-10-12-14-16-18-20-22-24-26-28-30-32-33-34-35-36-37-38-40-42-44-46-48-50-52-54-56-58-60-62-69(74)80-67(66-79-71(70(75)76)77-64-63-72(3,4)5)65-78-68(73)61-59-57-55-53-51-49-47-45-43-41-39-31-29-27-25-23-21-19-17-15-13-11-9-7-2/h8,10,14,16,20,22,26,28,32-33,35-36,38,40,44,46,67,71H,6-7,9,11-13,15,17-19,21,23-25,27,29-31,34,37,39,41-43,45,47-66H2,1-5H3/p+1/b10-8-,16-14-,22-20-,28-26-,33-32-,36-35-,40-38-,46-44-. The number of carbonyl (C=O) groups is 3. The average molecular weight is 1120 g/mol. The molecule has 9 heteroatoms. The second kappa shape index (κ2) is 61.3. The second-order valence-electron chi connectivity index (χ2n) is 23.1. The molecule has 0 rings (SSSR count). The lowest BCUT2D eigenvalue weighted by Crippen LogP contribution is -2.40. The van der Waals surface area contributed by atoms with Crippen molar-refractivity contribution in [2.45, 2.75) is 289 Å². The predicted molar refractivity (Wildman–Crippen MR) is 341 cm³/mol. The predicted octanol–water partition coefficient (Wildman–Crippen LogP) is 20.1. The maximum atomic E-state index is 12.9. The van der Waals surface area contributed by atoms with Crippen molar-refractivity contribution < 1.29 is 42.9 Å². The molecule has 80 heavy (non-hydrogen) atoms. The third-order valence-corrected chi connectivity index (χ3v) is 14.1. The fourth-order valence-corrected chi connectivity index (χ4v) is 9.09. The zero-order valence-corrected chi connectivity index (χ0v) is 52.5. The number of esters is 2. The van der Waals surface area contributed by atoms with Crippen LogP contribution in [0.4, 0.5) is 0 Å². The van der Waals surface area contributed by atoms with Gasteiger partial charge in [0.25, 0.3) is 6.29 Å². The number of carbonyl (C=O) groups excluding carboxylic acids is 2. The van der Waals surface area contributed by atoms with Crippen molar-refractivity contribution in [1.29, 1.82) is 0 Å². The lowest BCUT2D eigenvalue weighted by Gasteiger charge is -2.25. The minimum Gasteiger partial charge on any atom is -0.477 e. The monoisotopic (exact) mass is 1120 g/mol. The molecule has 0 saturated carbocycles. The molecule has 2 atom stereocenters. The summed E-state index contributed by atoms with van der Waals surface area (Å²) in [5.41, 5.74) is 0. The van der Waals surface area contributed by atoms with Gasteiger partial charge in [-0.2, -0.15) is 0 Å². The molecule has 0 aliphatic carbocycles. The van der Waals surface area contributed by atoms with E-state index in [-0.39, 0.29) is 32.2 Å². The van der Waals surface area contributed by atoms with Gasteiger partial charge in [-0.25, -0.2) is 4.79 Å². The number of aliphatic carboxylic acids is 1. The minimum atomic E-state index is -1.52. The maximum Gasteiger partial charge on any atom is 0.361 e. The van der Waals surface area contributed by atoms with Gasteiger partial charge in [0.1, 0.15) is 13.2 Å². The summed E-state index contributed by atoms with van der Waals surface area (Å²) in [5.74, 6) is -2.02.